The van der Waals surface area contributed by atoms with E-state index in [9.17, 15) is 5.11 Å². The van der Waals surface area contributed by atoms with E-state index in [1.165, 1.54) is 18.4 Å². The van der Waals surface area contributed by atoms with Gasteiger partial charge in [0.25, 0.3) is 0 Å². The number of rotatable bonds is 4. The fourth-order valence-corrected chi connectivity index (χ4v) is 3.43. The van der Waals surface area contributed by atoms with Crippen LogP contribution in [0.4, 0.5) is 0 Å². The van der Waals surface area contributed by atoms with E-state index in [1.807, 2.05) is 18.2 Å². The van der Waals surface area contributed by atoms with Gasteiger partial charge in [-0.2, -0.15) is 0 Å². The number of nitrogens with two attached hydrogens (primary N) is 1. The van der Waals surface area contributed by atoms with Gasteiger partial charge >= 0.3 is 0 Å². The molecule has 1 aliphatic rings. The molecule has 0 aromatic heterocycles. The molecule has 106 valence electrons. The van der Waals surface area contributed by atoms with Gasteiger partial charge in [0.05, 0.1) is 6.10 Å². The molecule has 1 aromatic rings. The van der Waals surface area contributed by atoms with Crippen molar-refractivity contribution < 1.29 is 5.11 Å². The average molecular weight is 261 g/mol. The van der Waals surface area contributed by atoms with Crippen molar-refractivity contribution in [3.63, 3.8) is 0 Å². The number of aliphatic hydroxyl groups is 1. The van der Waals surface area contributed by atoms with Crippen LogP contribution in [0.3, 0.4) is 0 Å². The maximum atomic E-state index is 10.9. The number of hydrogen-bond donors (Lipinski definition) is 2. The van der Waals surface area contributed by atoms with E-state index < -0.39 is 0 Å². The predicted molar refractivity (Wildman–Crippen MR) is 80.0 cm³/mol. The fraction of sp³-hybridized carbons (Fsp3) is 0.647. The third kappa shape index (κ3) is 3.01. The Morgan fingerprint density at radius 2 is 1.84 bits per heavy atom. The summed E-state index contributed by atoms with van der Waals surface area (Å²) < 4.78 is 0. The van der Waals surface area contributed by atoms with Crippen LogP contribution in [0.1, 0.15) is 51.0 Å². The van der Waals surface area contributed by atoms with Crippen LogP contribution in [0.15, 0.2) is 30.3 Å². The fourth-order valence-electron chi connectivity index (χ4n) is 3.43. The van der Waals surface area contributed by atoms with Gasteiger partial charge in [-0.25, -0.2) is 0 Å². The normalized spacial score (nSPS) is 30.8. The zero-order chi connectivity index (χ0) is 13.9. The summed E-state index contributed by atoms with van der Waals surface area (Å²) in [6.45, 7) is 5.01. The molecule has 0 spiro atoms. The Morgan fingerprint density at radius 1 is 1.26 bits per heavy atom. The highest BCUT2D eigenvalue weighted by atomic mass is 16.3. The van der Waals surface area contributed by atoms with Crippen molar-refractivity contribution in [1.82, 2.24) is 0 Å². The van der Waals surface area contributed by atoms with Crippen molar-refractivity contribution in [2.75, 3.05) is 6.54 Å². The lowest BCUT2D eigenvalue weighted by Gasteiger charge is -2.44. The summed E-state index contributed by atoms with van der Waals surface area (Å²) in [5.74, 6) is 0.928. The van der Waals surface area contributed by atoms with E-state index in [-0.39, 0.29) is 17.4 Å². The lowest BCUT2D eigenvalue weighted by Crippen LogP contribution is -2.46. The molecule has 1 aromatic carbocycles. The summed E-state index contributed by atoms with van der Waals surface area (Å²) >= 11 is 0. The van der Waals surface area contributed by atoms with Crippen molar-refractivity contribution in [1.29, 1.82) is 0 Å². The lowest BCUT2D eigenvalue weighted by molar-refractivity contribution is -0.0202. The number of hydrogen-bond acceptors (Lipinski definition) is 2. The Bertz CT molecular complexity index is 382. The molecule has 0 radical (unpaired) electrons. The maximum Gasteiger partial charge on any atom is 0.0674 e. The SMILES string of the molecule is CC1CCC(CN)(C(O)C(C)c2ccccc2)CC1. The highest BCUT2D eigenvalue weighted by Gasteiger charge is 2.41. The highest BCUT2D eigenvalue weighted by Crippen LogP contribution is 2.44. The monoisotopic (exact) mass is 261 g/mol. The molecule has 0 aliphatic heterocycles. The van der Waals surface area contributed by atoms with Crippen molar-refractivity contribution in [2.24, 2.45) is 17.1 Å². The third-order valence-electron chi connectivity index (χ3n) is 5.10. The van der Waals surface area contributed by atoms with Crippen molar-refractivity contribution in [2.45, 2.75) is 51.6 Å². The predicted octanol–water partition coefficient (Wildman–Crippen LogP) is 3.31. The Hall–Kier alpha value is -0.860. The summed E-state index contributed by atoms with van der Waals surface area (Å²) in [5, 5.41) is 10.9. The van der Waals surface area contributed by atoms with Crippen LogP contribution in [0, 0.1) is 11.3 Å². The molecule has 0 heterocycles. The van der Waals surface area contributed by atoms with Gasteiger partial charge in [0.15, 0.2) is 0 Å². The number of aliphatic hydroxyl groups excluding tert-OH is 1. The van der Waals surface area contributed by atoms with Crippen LogP contribution in [0.5, 0.6) is 0 Å². The topological polar surface area (TPSA) is 46.2 Å². The summed E-state index contributed by atoms with van der Waals surface area (Å²) in [7, 11) is 0. The van der Waals surface area contributed by atoms with Gasteiger partial charge < -0.3 is 10.8 Å². The second-order valence-corrected chi connectivity index (χ2v) is 6.39. The van der Waals surface area contributed by atoms with Crippen LogP contribution in [0.25, 0.3) is 0 Å². The van der Waals surface area contributed by atoms with Gasteiger partial charge in [-0.1, -0.05) is 57.0 Å². The Balaban J connectivity index is 2.14. The zero-order valence-corrected chi connectivity index (χ0v) is 12.2. The van der Waals surface area contributed by atoms with Gasteiger partial charge in [0, 0.05) is 17.9 Å². The zero-order valence-electron chi connectivity index (χ0n) is 12.2. The first-order chi connectivity index (χ1) is 9.09. The molecule has 2 nitrogen and oxygen atoms in total. The minimum atomic E-state index is -0.340. The van der Waals surface area contributed by atoms with E-state index in [4.69, 9.17) is 5.73 Å². The van der Waals surface area contributed by atoms with Crippen molar-refractivity contribution in [3.05, 3.63) is 35.9 Å². The molecular weight excluding hydrogens is 234 g/mol. The Morgan fingerprint density at radius 3 is 2.37 bits per heavy atom. The van der Waals surface area contributed by atoms with Crippen LogP contribution in [-0.2, 0) is 0 Å². The molecule has 0 amide bonds. The first kappa shape index (κ1) is 14.5. The lowest BCUT2D eigenvalue weighted by atomic mass is 9.64. The quantitative estimate of drug-likeness (QED) is 0.873. The molecule has 2 atom stereocenters. The summed E-state index contributed by atoms with van der Waals surface area (Å²) in [5.41, 5.74) is 7.17. The Labute approximate surface area is 117 Å². The van der Waals surface area contributed by atoms with Crippen molar-refractivity contribution >= 4 is 0 Å². The van der Waals surface area contributed by atoms with Gasteiger partial charge in [-0.15, -0.1) is 0 Å². The van der Waals surface area contributed by atoms with Gasteiger partial charge in [0.2, 0.25) is 0 Å². The molecule has 2 rings (SSSR count). The van der Waals surface area contributed by atoms with E-state index in [2.05, 4.69) is 26.0 Å². The molecule has 0 saturated heterocycles. The van der Waals surface area contributed by atoms with Gasteiger partial charge in [0.1, 0.15) is 0 Å². The molecule has 1 saturated carbocycles. The van der Waals surface area contributed by atoms with Crippen LogP contribution in [-0.4, -0.2) is 17.8 Å². The molecular formula is C17H27NO. The summed E-state index contributed by atoms with van der Waals surface area (Å²) in [4.78, 5) is 0. The van der Waals surface area contributed by atoms with Crippen LogP contribution < -0.4 is 5.73 Å². The van der Waals surface area contributed by atoms with E-state index in [0.717, 1.165) is 18.8 Å². The molecule has 3 N–H and O–H groups in total. The van der Waals surface area contributed by atoms with E-state index >= 15 is 0 Å². The maximum absolute atomic E-state index is 10.9. The number of benzene rings is 1. The van der Waals surface area contributed by atoms with Crippen LogP contribution >= 0.6 is 0 Å². The van der Waals surface area contributed by atoms with Gasteiger partial charge in [-0.3, -0.25) is 0 Å². The molecule has 0 bridgehead atoms. The van der Waals surface area contributed by atoms with Crippen molar-refractivity contribution in [3.8, 4) is 0 Å². The molecule has 2 unspecified atom stereocenters. The second kappa shape index (κ2) is 6.06. The highest BCUT2D eigenvalue weighted by molar-refractivity contribution is 5.21. The molecule has 2 heteroatoms. The van der Waals surface area contributed by atoms with Gasteiger partial charge in [-0.05, 0) is 24.3 Å². The smallest absolute Gasteiger partial charge is 0.0674 e. The largest absolute Gasteiger partial charge is 0.392 e. The Kier molecular flexibility index (Phi) is 4.64. The minimum Gasteiger partial charge on any atom is -0.392 e. The van der Waals surface area contributed by atoms with E-state index in [0.29, 0.717) is 6.54 Å². The minimum absolute atomic E-state index is 0.0816. The first-order valence-electron chi connectivity index (χ1n) is 7.52. The first-order valence-corrected chi connectivity index (χ1v) is 7.52. The molecule has 19 heavy (non-hydrogen) atoms. The van der Waals surface area contributed by atoms with Crippen LogP contribution in [0.2, 0.25) is 0 Å². The molecule has 1 fully saturated rings. The third-order valence-corrected chi connectivity index (χ3v) is 5.10. The summed E-state index contributed by atoms with van der Waals surface area (Å²) in [6, 6.07) is 10.3. The second-order valence-electron chi connectivity index (χ2n) is 6.39. The molecule has 1 aliphatic carbocycles. The average Bonchev–Trinajstić information content (AvgIpc) is 2.48. The van der Waals surface area contributed by atoms with E-state index in [1.54, 1.807) is 0 Å². The summed E-state index contributed by atoms with van der Waals surface area (Å²) in [6.07, 6.45) is 4.16. The standard InChI is InChI=1S/C17H27NO/c1-13-8-10-17(12-18,11-9-13)16(19)14(2)15-6-4-3-5-7-15/h3-7,13-14,16,19H,8-12,18H2,1-2H3.